The van der Waals surface area contributed by atoms with Crippen LogP contribution in [0, 0.1) is 5.92 Å². The van der Waals surface area contributed by atoms with Crippen LogP contribution in [-0.2, 0) is 11.4 Å². The number of rotatable bonds is 10. The molecule has 0 radical (unpaired) electrons. The SMILES string of the molecule is CCCOc1ccc2c(c1)C(c1ccc(OC)cc1OCc1ccccn1)C(C(=O)O)C2c1ccc2c(c1)OCO2. The van der Waals surface area contributed by atoms with E-state index in [9.17, 15) is 9.90 Å². The van der Waals surface area contributed by atoms with E-state index in [2.05, 4.69) is 11.9 Å². The highest BCUT2D eigenvalue weighted by Crippen LogP contribution is 2.56. The van der Waals surface area contributed by atoms with E-state index < -0.39 is 23.7 Å². The molecule has 0 amide bonds. The molecule has 4 aromatic rings. The number of hydrogen-bond acceptors (Lipinski definition) is 7. The molecule has 0 saturated heterocycles. The van der Waals surface area contributed by atoms with Crippen LogP contribution in [0.25, 0.3) is 0 Å². The number of methoxy groups -OCH3 is 1. The third kappa shape index (κ3) is 5.13. The largest absolute Gasteiger partial charge is 0.497 e. The Morgan fingerprint density at radius 2 is 1.73 bits per heavy atom. The standard InChI is InChI=1S/C33H31NO7/c1-3-14-38-23-9-10-24-26(16-23)31(32(33(35)36)30(24)20-7-12-27-29(15-20)41-19-40-27)25-11-8-22(37-2)17-28(25)39-18-21-6-4-5-13-34-21/h4-13,15-17,30-32H,3,14,18-19H2,1-2H3,(H,35,36). The molecule has 1 aliphatic carbocycles. The Morgan fingerprint density at radius 1 is 0.902 bits per heavy atom. The molecule has 3 aromatic carbocycles. The molecule has 0 spiro atoms. The molecule has 2 heterocycles. The van der Waals surface area contributed by atoms with Crippen molar-refractivity contribution in [3.05, 3.63) is 107 Å². The highest BCUT2D eigenvalue weighted by atomic mass is 16.7. The summed E-state index contributed by atoms with van der Waals surface area (Å²) in [5.74, 6) is 0.443. The van der Waals surface area contributed by atoms with Gasteiger partial charge in [0.15, 0.2) is 11.5 Å². The quantitative estimate of drug-likeness (QED) is 0.249. The first kappa shape index (κ1) is 26.5. The van der Waals surface area contributed by atoms with E-state index in [-0.39, 0.29) is 13.4 Å². The zero-order valence-electron chi connectivity index (χ0n) is 22.9. The maximum atomic E-state index is 13.2. The van der Waals surface area contributed by atoms with Gasteiger partial charge in [-0.25, -0.2) is 0 Å². The van der Waals surface area contributed by atoms with Gasteiger partial charge in [0, 0.05) is 29.7 Å². The number of hydrogen-bond donors (Lipinski definition) is 1. The number of benzene rings is 3. The number of ether oxygens (including phenoxy) is 5. The molecule has 1 aromatic heterocycles. The first-order valence-electron chi connectivity index (χ1n) is 13.7. The van der Waals surface area contributed by atoms with Crippen LogP contribution in [0.3, 0.4) is 0 Å². The highest BCUT2D eigenvalue weighted by Gasteiger charge is 2.48. The summed E-state index contributed by atoms with van der Waals surface area (Å²) >= 11 is 0. The summed E-state index contributed by atoms with van der Waals surface area (Å²) in [6, 6.07) is 22.7. The van der Waals surface area contributed by atoms with Crippen molar-refractivity contribution in [1.82, 2.24) is 4.98 Å². The second-order valence-corrected chi connectivity index (χ2v) is 10.1. The van der Waals surface area contributed by atoms with Crippen LogP contribution in [0.15, 0.2) is 79.0 Å². The Hall–Kier alpha value is -4.72. The Balaban J connectivity index is 1.49. The molecule has 41 heavy (non-hydrogen) atoms. The molecule has 8 nitrogen and oxygen atoms in total. The van der Waals surface area contributed by atoms with Gasteiger partial charge in [-0.15, -0.1) is 0 Å². The first-order chi connectivity index (χ1) is 20.1. The maximum Gasteiger partial charge on any atom is 0.308 e. The molecule has 1 N–H and O–H groups in total. The molecular formula is C33H31NO7. The van der Waals surface area contributed by atoms with Crippen molar-refractivity contribution in [3.8, 4) is 28.7 Å². The second-order valence-electron chi connectivity index (χ2n) is 10.1. The third-order valence-electron chi connectivity index (χ3n) is 7.62. The predicted octanol–water partition coefficient (Wildman–Crippen LogP) is 6.16. The molecule has 0 bridgehead atoms. The molecule has 1 aliphatic heterocycles. The van der Waals surface area contributed by atoms with Crippen LogP contribution in [0.2, 0.25) is 0 Å². The number of carboxylic acid groups (broad SMARTS) is 1. The van der Waals surface area contributed by atoms with E-state index in [0.717, 1.165) is 34.4 Å². The minimum Gasteiger partial charge on any atom is -0.497 e. The van der Waals surface area contributed by atoms with Gasteiger partial charge in [0.1, 0.15) is 23.9 Å². The van der Waals surface area contributed by atoms with Gasteiger partial charge in [-0.2, -0.15) is 0 Å². The number of fused-ring (bicyclic) bond motifs is 2. The van der Waals surface area contributed by atoms with E-state index in [1.165, 1.54) is 0 Å². The smallest absolute Gasteiger partial charge is 0.308 e. The predicted molar refractivity (Wildman–Crippen MR) is 151 cm³/mol. The molecular weight excluding hydrogens is 522 g/mol. The van der Waals surface area contributed by atoms with E-state index in [1.54, 1.807) is 13.3 Å². The average Bonchev–Trinajstić information content (AvgIpc) is 3.61. The van der Waals surface area contributed by atoms with Crippen LogP contribution in [0.5, 0.6) is 28.7 Å². The zero-order chi connectivity index (χ0) is 28.3. The van der Waals surface area contributed by atoms with Crippen molar-refractivity contribution < 1.29 is 33.6 Å². The molecule has 3 unspecified atom stereocenters. The first-order valence-corrected chi connectivity index (χ1v) is 13.7. The zero-order valence-corrected chi connectivity index (χ0v) is 22.9. The Morgan fingerprint density at radius 3 is 2.51 bits per heavy atom. The lowest BCUT2D eigenvalue weighted by Gasteiger charge is -2.25. The van der Waals surface area contributed by atoms with E-state index in [4.69, 9.17) is 23.7 Å². The van der Waals surface area contributed by atoms with Crippen LogP contribution in [0.1, 0.15) is 53.1 Å². The van der Waals surface area contributed by atoms with Gasteiger partial charge >= 0.3 is 5.97 Å². The van der Waals surface area contributed by atoms with Crippen LogP contribution >= 0.6 is 0 Å². The normalized spacial score (nSPS) is 18.5. The molecule has 0 fully saturated rings. The number of aromatic nitrogens is 1. The van der Waals surface area contributed by atoms with Gasteiger partial charge in [0.05, 0.1) is 25.3 Å². The minimum atomic E-state index is -0.906. The number of nitrogens with zero attached hydrogens (tertiary/aromatic N) is 1. The van der Waals surface area contributed by atoms with Crippen molar-refractivity contribution in [3.63, 3.8) is 0 Å². The lowest BCUT2D eigenvalue weighted by molar-refractivity contribution is -0.142. The molecule has 8 heteroatoms. The Kier molecular flexibility index (Phi) is 7.37. The molecule has 3 atom stereocenters. The summed E-state index contributed by atoms with van der Waals surface area (Å²) < 4.78 is 29.0. The summed E-state index contributed by atoms with van der Waals surface area (Å²) in [4.78, 5) is 17.6. The minimum absolute atomic E-state index is 0.145. The fourth-order valence-corrected chi connectivity index (χ4v) is 5.79. The summed E-state index contributed by atoms with van der Waals surface area (Å²) in [7, 11) is 1.59. The molecule has 2 aliphatic rings. The van der Waals surface area contributed by atoms with Gasteiger partial charge in [0.2, 0.25) is 6.79 Å². The molecule has 210 valence electrons. The second kappa shape index (κ2) is 11.4. The van der Waals surface area contributed by atoms with Crippen molar-refractivity contribution in [2.75, 3.05) is 20.5 Å². The lowest BCUT2D eigenvalue weighted by atomic mass is 9.79. The van der Waals surface area contributed by atoms with Crippen LogP contribution in [0.4, 0.5) is 0 Å². The van der Waals surface area contributed by atoms with E-state index in [1.807, 2.05) is 72.8 Å². The van der Waals surface area contributed by atoms with Crippen molar-refractivity contribution >= 4 is 5.97 Å². The van der Waals surface area contributed by atoms with Gasteiger partial charge in [-0.1, -0.05) is 31.2 Å². The number of carbonyl (C=O) groups is 1. The van der Waals surface area contributed by atoms with Crippen molar-refractivity contribution in [2.24, 2.45) is 5.92 Å². The fourth-order valence-electron chi connectivity index (χ4n) is 5.79. The lowest BCUT2D eigenvalue weighted by Crippen LogP contribution is -2.24. The Bertz CT molecular complexity index is 1550. The van der Waals surface area contributed by atoms with Crippen molar-refractivity contribution in [1.29, 1.82) is 0 Å². The molecule has 0 saturated carbocycles. The number of carboxylic acids is 1. The average molecular weight is 554 g/mol. The molecule has 6 rings (SSSR count). The van der Waals surface area contributed by atoms with Crippen molar-refractivity contribution in [2.45, 2.75) is 31.8 Å². The maximum absolute atomic E-state index is 13.2. The number of pyridine rings is 1. The van der Waals surface area contributed by atoms with Gasteiger partial charge in [0.25, 0.3) is 0 Å². The van der Waals surface area contributed by atoms with Gasteiger partial charge in [-0.3, -0.25) is 9.78 Å². The number of aliphatic carboxylic acids is 1. The van der Waals surface area contributed by atoms with Crippen LogP contribution < -0.4 is 23.7 Å². The van der Waals surface area contributed by atoms with Gasteiger partial charge < -0.3 is 28.8 Å². The summed E-state index contributed by atoms with van der Waals surface area (Å²) in [5, 5.41) is 10.8. The topological polar surface area (TPSA) is 96.3 Å². The van der Waals surface area contributed by atoms with E-state index >= 15 is 0 Å². The van der Waals surface area contributed by atoms with Crippen LogP contribution in [-0.4, -0.2) is 36.6 Å². The van der Waals surface area contributed by atoms with Gasteiger partial charge in [-0.05, 0) is 65.6 Å². The summed E-state index contributed by atoms with van der Waals surface area (Å²) in [6.45, 7) is 2.99. The highest BCUT2D eigenvalue weighted by molar-refractivity contribution is 5.78. The Labute approximate surface area is 238 Å². The fraction of sp³-hybridized carbons (Fsp3) is 0.273. The third-order valence-corrected chi connectivity index (χ3v) is 7.62. The summed E-state index contributed by atoms with van der Waals surface area (Å²) in [5.41, 5.74) is 4.18. The monoisotopic (exact) mass is 553 g/mol. The van der Waals surface area contributed by atoms with E-state index in [0.29, 0.717) is 35.4 Å². The summed E-state index contributed by atoms with van der Waals surface area (Å²) in [6.07, 6.45) is 2.58.